The SMILES string of the molecule is CCN1CCCC1CNC(=O)c1ccc(C)cc1Br. The minimum absolute atomic E-state index is 0.00910. The van der Waals surface area contributed by atoms with Crippen LogP contribution in [0.5, 0.6) is 0 Å². The largest absolute Gasteiger partial charge is 0.350 e. The molecule has 1 unspecified atom stereocenters. The van der Waals surface area contributed by atoms with E-state index in [0.717, 1.165) is 29.7 Å². The Labute approximate surface area is 123 Å². The topological polar surface area (TPSA) is 32.3 Å². The number of carbonyl (C=O) groups is 1. The number of nitrogens with zero attached hydrogens (tertiary/aromatic N) is 1. The maximum Gasteiger partial charge on any atom is 0.252 e. The van der Waals surface area contributed by atoms with Crippen molar-refractivity contribution in [3.05, 3.63) is 33.8 Å². The van der Waals surface area contributed by atoms with Crippen molar-refractivity contribution in [2.45, 2.75) is 32.7 Å². The first-order valence-electron chi connectivity index (χ1n) is 6.90. The second-order valence-electron chi connectivity index (χ2n) is 5.12. The molecule has 1 aliphatic heterocycles. The van der Waals surface area contributed by atoms with Crippen LogP contribution in [0.2, 0.25) is 0 Å². The third-order valence-electron chi connectivity index (χ3n) is 3.77. The van der Waals surface area contributed by atoms with Gasteiger partial charge in [-0.2, -0.15) is 0 Å². The highest BCUT2D eigenvalue weighted by Crippen LogP contribution is 2.19. The Morgan fingerprint density at radius 1 is 1.53 bits per heavy atom. The van der Waals surface area contributed by atoms with E-state index in [1.807, 2.05) is 25.1 Å². The van der Waals surface area contributed by atoms with E-state index >= 15 is 0 Å². The number of likely N-dealkylation sites (tertiary alicyclic amines) is 1. The molecular formula is C15H21BrN2O. The van der Waals surface area contributed by atoms with Gasteiger partial charge in [-0.3, -0.25) is 9.69 Å². The number of hydrogen-bond acceptors (Lipinski definition) is 2. The Bertz CT molecular complexity index is 461. The predicted molar refractivity (Wildman–Crippen MR) is 81.5 cm³/mol. The third-order valence-corrected chi connectivity index (χ3v) is 4.43. The monoisotopic (exact) mass is 324 g/mol. The number of likely N-dealkylation sites (N-methyl/N-ethyl adjacent to an activating group) is 1. The summed E-state index contributed by atoms with van der Waals surface area (Å²) in [5, 5.41) is 3.05. The van der Waals surface area contributed by atoms with Gasteiger partial charge in [0, 0.05) is 17.1 Å². The number of nitrogens with one attached hydrogen (secondary N) is 1. The summed E-state index contributed by atoms with van der Waals surface area (Å²) in [7, 11) is 0. The first-order valence-corrected chi connectivity index (χ1v) is 7.69. The lowest BCUT2D eigenvalue weighted by molar-refractivity contribution is 0.0940. The second kappa shape index (κ2) is 6.53. The maximum absolute atomic E-state index is 12.2. The molecule has 1 amide bonds. The van der Waals surface area contributed by atoms with Crippen molar-refractivity contribution >= 4 is 21.8 Å². The highest BCUT2D eigenvalue weighted by atomic mass is 79.9. The van der Waals surface area contributed by atoms with Gasteiger partial charge in [0.25, 0.3) is 5.91 Å². The summed E-state index contributed by atoms with van der Waals surface area (Å²) < 4.78 is 0.865. The van der Waals surface area contributed by atoms with Crippen LogP contribution in [0.4, 0.5) is 0 Å². The Balaban J connectivity index is 1.94. The fraction of sp³-hybridized carbons (Fsp3) is 0.533. The molecule has 1 fully saturated rings. The summed E-state index contributed by atoms with van der Waals surface area (Å²) in [6, 6.07) is 6.32. The molecule has 2 rings (SSSR count). The van der Waals surface area contributed by atoms with E-state index in [-0.39, 0.29) is 5.91 Å². The van der Waals surface area contributed by atoms with Crippen molar-refractivity contribution in [1.82, 2.24) is 10.2 Å². The van der Waals surface area contributed by atoms with Gasteiger partial charge in [0.05, 0.1) is 5.56 Å². The lowest BCUT2D eigenvalue weighted by Gasteiger charge is -2.23. The molecule has 4 heteroatoms. The van der Waals surface area contributed by atoms with Gasteiger partial charge < -0.3 is 5.32 Å². The summed E-state index contributed by atoms with van der Waals surface area (Å²) in [6.07, 6.45) is 2.42. The van der Waals surface area contributed by atoms with E-state index in [9.17, 15) is 4.79 Å². The molecule has 3 nitrogen and oxygen atoms in total. The molecule has 1 saturated heterocycles. The van der Waals surface area contributed by atoms with Gasteiger partial charge in [0.1, 0.15) is 0 Å². The van der Waals surface area contributed by atoms with Crippen LogP contribution >= 0.6 is 15.9 Å². The average molecular weight is 325 g/mol. The smallest absolute Gasteiger partial charge is 0.252 e. The quantitative estimate of drug-likeness (QED) is 0.923. The number of carbonyl (C=O) groups excluding carboxylic acids is 1. The molecule has 0 spiro atoms. The fourth-order valence-electron chi connectivity index (χ4n) is 2.65. The van der Waals surface area contributed by atoms with E-state index in [4.69, 9.17) is 0 Å². The molecule has 1 aromatic carbocycles. The molecule has 0 aromatic heterocycles. The Morgan fingerprint density at radius 2 is 2.32 bits per heavy atom. The molecule has 1 aromatic rings. The van der Waals surface area contributed by atoms with E-state index < -0.39 is 0 Å². The summed E-state index contributed by atoms with van der Waals surface area (Å²) in [4.78, 5) is 14.6. The van der Waals surface area contributed by atoms with Crippen molar-refractivity contribution < 1.29 is 4.79 Å². The van der Waals surface area contributed by atoms with Crippen LogP contribution in [0.1, 0.15) is 35.7 Å². The van der Waals surface area contributed by atoms with Gasteiger partial charge in [0.15, 0.2) is 0 Å². The highest BCUT2D eigenvalue weighted by Gasteiger charge is 2.23. The van der Waals surface area contributed by atoms with Crippen LogP contribution in [-0.2, 0) is 0 Å². The molecule has 0 aliphatic carbocycles. The van der Waals surface area contributed by atoms with E-state index in [1.54, 1.807) is 0 Å². The Kier molecular flexibility index (Phi) is 4.99. The van der Waals surface area contributed by atoms with Crippen molar-refractivity contribution in [1.29, 1.82) is 0 Å². The summed E-state index contributed by atoms with van der Waals surface area (Å²) >= 11 is 3.46. The zero-order chi connectivity index (χ0) is 13.8. The van der Waals surface area contributed by atoms with Crippen LogP contribution in [0.3, 0.4) is 0 Å². The van der Waals surface area contributed by atoms with Gasteiger partial charge in [-0.15, -0.1) is 0 Å². The lowest BCUT2D eigenvalue weighted by atomic mass is 10.1. The average Bonchev–Trinajstić information content (AvgIpc) is 2.83. The number of benzene rings is 1. The summed E-state index contributed by atoms with van der Waals surface area (Å²) in [5.74, 6) is 0.00910. The van der Waals surface area contributed by atoms with E-state index in [1.165, 1.54) is 12.8 Å². The van der Waals surface area contributed by atoms with E-state index in [2.05, 4.69) is 33.1 Å². The van der Waals surface area contributed by atoms with Crippen LogP contribution < -0.4 is 5.32 Å². The molecule has 104 valence electrons. The Hall–Kier alpha value is -0.870. The molecule has 1 N–H and O–H groups in total. The van der Waals surface area contributed by atoms with Gasteiger partial charge in [-0.05, 0) is 66.5 Å². The van der Waals surface area contributed by atoms with E-state index in [0.29, 0.717) is 11.6 Å². The number of hydrogen-bond donors (Lipinski definition) is 1. The normalized spacial score (nSPS) is 19.6. The minimum atomic E-state index is 0.00910. The predicted octanol–water partition coefficient (Wildman–Crippen LogP) is 2.97. The highest BCUT2D eigenvalue weighted by molar-refractivity contribution is 9.10. The van der Waals surface area contributed by atoms with Crippen LogP contribution in [0.25, 0.3) is 0 Å². The summed E-state index contributed by atoms with van der Waals surface area (Å²) in [5.41, 5.74) is 1.86. The summed E-state index contributed by atoms with van der Waals surface area (Å²) in [6.45, 7) is 7.16. The minimum Gasteiger partial charge on any atom is -0.350 e. The van der Waals surface area contributed by atoms with Gasteiger partial charge in [0.2, 0.25) is 0 Å². The number of amides is 1. The Morgan fingerprint density at radius 3 is 3.00 bits per heavy atom. The first-order chi connectivity index (χ1) is 9.11. The number of rotatable bonds is 4. The zero-order valence-electron chi connectivity index (χ0n) is 11.6. The van der Waals surface area contributed by atoms with Gasteiger partial charge in [-0.25, -0.2) is 0 Å². The number of aryl methyl sites for hydroxylation is 1. The molecule has 0 radical (unpaired) electrons. The molecule has 0 bridgehead atoms. The number of halogens is 1. The molecule has 19 heavy (non-hydrogen) atoms. The molecule has 1 heterocycles. The van der Waals surface area contributed by atoms with Crippen molar-refractivity contribution in [3.63, 3.8) is 0 Å². The fourth-order valence-corrected chi connectivity index (χ4v) is 3.33. The van der Waals surface area contributed by atoms with Gasteiger partial charge in [-0.1, -0.05) is 13.0 Å². The molecule has 0 saturated carbocycles. The zero-order valence-corrected chi connectivity index (χ0v) is 13.2. The van der Waals surface area contributed by atoms with Crippen molar-refractivity contribution in [2.24, 2.45) is 0 Å². The van der Waals surface area contributed by atoms with Crippen molar-refractivity contribution in [3.8, 4) is 0 Å². The molecular weight excluding hydrogens is 304 g/mol. The lowest BCUT2D eigenvalue weighted by Crippen LogP contribution is -2.40. The van der Waals surface area contributed by atoms with Gasteiger partial charge >= 0.3 is 0 Å². The van der Waals surface area contributed by atoms with Crippen LogP contribution in [0, 0.1) is 6.92 Å². The molecule has 1 aliphatic rings. The maximum atomic E-state index is 12.2. The standard InChI is InChI=1S/C15H21BrN2O/c1-3-18-8-4-5-12(18)10-17-15(19)13-7-6-11(2)9-14(13)16/h6-7,9,12H,3-5,8,10H2,1-2H3,(H,17,19). The first kappa shape index (κ1) is 14.5. The second-order valence-corrected chi connectivity index (χ2v) is 5.97. The third kappa shape index (κ3) is 3.57. The van der Waals surface area contributed by atoms with Crippen LogP contribution in [-0.4, -0.2) is 36.5 Å². The van der Waals surface area contributed by atoms with Crippen LogP contribution in [0.15, 0.2) is 22.7 Å². The van der Waals surface area contributed by atoms with Crippen molar-refractivity contribution in [2.75, 3.05) is 19.6 Å². The molecule has 1 atom stereocenters.